The lowest BCUT2D eigenvalue weighted by Gasteiger charge is -2.23. The summed E-state index contributed by atoms with van der Waals surface area (Å²) in [5, 5.41) is 0. The molecule has 0 fully saturated rings. The molecule has 0 heterocycles. The van der Waals surface area contributed by atoms with Crippen LogP contribution in [0.4, 0.5) is 5.69 Å². The third kappa shape index (κ3) is 4.99. The van der Waals surface area contributed by atoms with E-state index >= 15 is 0 Å². The Bertz CT molecular complexity index is 391. The summed E-state index contributed by atoms with van der Waals surface area (Å²) in [6.45, 7) is 7.33. The second-order valence-corrected chi connectivity index (χ2v) is 5.08. The van der Waals surface area contributed by atoms with Crippen LogP contribution in [0.25, 0.3) is 0 Å². The Kier molecular flexibility index (Phi) is 5.96. The van der Waals surface area contributed by atoms with Crippen LogP contribution < -0.4 is 15.2 Å². The fourth-order valence-corrected chi connectivity index (χ4v) is 1.50. The van der Waals surface area contributed by atoms with E-state index in [1.54, 1.807) is 7.11 Å². The highest BCUT2D eigenvalue weighted by Gasteiger charge is 2.16. The Labute approximate surface area is 115 Å². The zero-order chi connectivity index (χ0) is 14.3. The molecular weight excluding hydrogens is 242 g/mol. The van der Waals surface area contributed by atoms with Gasteiger partial charge in [-0.2, -0.15) is 0 Å². The summed E-state index contributed by atoms with van der Waals surface area (Å²) in [6.07, 6.45) is 1.75. The molecule has 0 radical (unpaired) electrons. The highest BCUT2D eigenvalue weighted by molar-refractivity contribution is 5.62. The van der Waals surface area contributed by atoms with Crippen LogP contribution in [0.5, 0.6) is 11.5 Å². The number of benzene rings is 1. The molecule has 1 rings (SSSR count). The van der Waals surface area contributed by atoms with Crippen LogP contribution >= 0.6 is 0 Å². The molecule has 4 nitrogen and oxygen atoms in total. The van der Waals surface area contributed by atoms with Gasteiger partial charge in [-0.05, 0) is 32.4 Å². The van der Waals surface area contributed by atoms with Crippen LogP contribution in [0.15, 0.2) is 18.2 Å². The minimum atomic E-state index is -0.189. The molecule has 1 aromatic carbocycles. The van der Waals surface area contributed by atoms with Crippen LogP contribution in [0.2, 0.25) is 0 Å². The second kappa shape index (κ2) is 7.24. The third-order valence-corrected chi connectivity index (χ3v) is 3.00. The highest BCUT2D eigenvalue weighted by Crippen LogP contribution is 2.31. The molecule has 0 aliphatic rings. The molecule has 0 aromatic heterocycles. The van der Waals surface area contributed by atoms with Gasteiger partial charge in [0.25, 0.3) is 0 Å². The zero-order valence-electron chi connectivity index (χ0n) is 12.4. The Hall–Kier alpha value is -1.42. The lowest BCUT2D eigenvalue weighted by Crippen LogP contribution is -2.25. The second-order valence-electron chi connectivity index (χ2n) is 5.08. The van der Waals surface area contributed by atoms with Crippen LogP contribution in [0.1, 0.15) is 33.6 Å². The summed E-state index contributed by atoms with van der Waals surface area (Å²) in [4.78, 5) is 0. The molecule has 0 aliphatic carbocycles. The molecule has 0 saturated heterocycles. The maximum absolute atomic E-state index is 6.03. The first-order chi connectivity index (χ1) is 9.00. The van der Waals surface area contributed by atoms with Crippen molar-refractivity contribution in [2.45, 2.75) is 39.2 Å². The highest BCUT2D eigenvalue weighted by atomic mass is 16.5. The van der Waals surface area contributed by atoms with Gasteiger partial charge in [0.15, 0.2) is 0 Å². The van der Waals surface area contributed by atoms with Crippen molar-refractivity contribution in [3.63, 3.8) is 0 Å². The number of hydrogen-bond donors (Lipinski definition) is 1. The maximum atomic E-state index is 6.03. The largest absolute Gasteiger partial charge is 0.491 e. The lowest BCUT2D eigenvalue weighted by molar-refractivity contribution is 0.00550. The minimum Gasteiger partial charge on any atom is -0.491 e. The fourth-order valence-electron chi connectivity index (χ4n) is 1.50. The van der Waals surface area contributed by atoms with Gasteiger partial charge in [0.1, 0.15) is 17.2 Å². The van der Waals surface area contributed by atoms with Crippen molar-refractivity contribution >= 4 is 5.69 Å². The molecule has 0 unspecified atom stereocenters. The molecular formula is C15H25NO3. The topological polar surface area (TPSA) is 53.7 Å². The van der Waals surface area contributed by atoms with E-state index in [4.69, 9.17) is 19.9 Å². The van der Waals surface area contributed by atoms with Crippen molar-refractivity contribution in [3.8, 4) is 11.5 Å². The quantitative estimate of drug-likeness (QED) is 0.735. The molecule has 0 bridgehead atoms. The predicted molar refractivity (Wildman–Crippen MR) is 77.8 cm³/mol. The van der Waals surface area contributed by atoms with Gasteiger partial charge >= 0.3 is 0 Å². The number of nitrogens with two attached hydrogens (primary N) is 1. The molecule has 2 N–H and O–H groups in total. The van der Waals surface area contributed by atoms with E-state index < -0.39 is 0 Å². The van der Waals surface area contributed by atoms with Gasteiger partial charge in [0.05, 0.1) is 18.8 Å². The normalized spacial score (nSPS) is 11.4. The van der Waals surface area contributed by atoms with Crippen LogP contribution in [-0.2, 0) is 4.74 Å². The number of methoxy groups -OCH3 is 1. The smallest absolute Gasteiger partial charge is 0.146 e. The zero-order valence-corrected chi connectivity index (χ0v) is 12.4. The van der Waals surface area contributed by atoms with Crippen molar-refractivity contribution < 1.29 is 14.2 Å². The minimum absolute atomic E-state index is 0.189. The van der Waals surface area contributed by atoms with Crippen molar-refractivity contribution in [1.29, 1.82) is 0 Å². The van der Waals surface area contributed by atoms with Gasteiger partial charge in [-0.15, -0.1) is 0 Å². The molecule has 0 atom stereocenters. The first-order valence-corrected chi connectivity index (χ1v) is 6.69. The Morgan fingerprint density at radius 3 is 2.21 bits per heavy atom. The monoisotopic (exact) mass is 267 g/mol. The summed E-state index contributed by atoms with van der Waals surface area (Å²) >= 11 is 0. The van der Waals surface area contributed by atoms with Gasteiger partial charge in [0, 0.05) is 13.5 Å². The molecule has 0 aliphatic heterocycles. The fraction of sp³-hybridized carbons (Fsp3) is 0.600. The van der Waals surface area contributed by atoms with Crippen LogP contribution in [0.3, 0.4) is 0 Å². The van der Waals surface area contributed by atoms with E-state index in [-0.39, 0.29) is 5.60 Å². The summed E-state index contributed by atoms with van der Waals surface area (Å²) in [7, 11) is 1.70. The first kappa shape index (κ1) is 15.6. The average Bonchev–Trinajstić information content (AvgIpc) is 2.39. The van der Waals surface area contributed by atoms with Crippen LogP contribution in [-0.4, -0.2) is 25.9 Å². The standard InChI is InChI=1S/C15H25NO3/c1-5-10-18-12-7-6-8-13(14(12)16)19-11-9-15(2,3)17-4/h6-8H,5,9-11,16H2,1-4H3. The predicted octanol–water partition coefficient (Wildman–Crippen LogP) is 3.25. The van der Waals surface area contributed by atoms with E-state index in [0.717, 1.165) is 12.8 Å². The molecule has 19 heavy (non-hydrogen) atoms. The van der Waals surface area contributed by atoms with Crippen molar-refractivity contribution in [2.75, 3.05) is 26.1 Å². The number of hydrogen-bond acceptors (Lipinski definition) is 4. The number of ether oxygens (including phenoxy) is 3. The Morgan fingerprint density at radius 1 is 1.11 bits per heavy atom. The molecule has 4 heteroatoms. The van der Waals surface area contributed by atoms with E-state index in [9.17, 15) is 0 Å². The molecule has 0 spiro atoms. The summed E-state index contributed by atoms with van der Waals surface area (Å²) in [5.74, 6) is 1.35. The SMILES string of the molecule is CCCOc1cccc(OCCC(C)(C)OC)c1N. The van der Waals surface area contributed by atoms with Gasteiger partial charge < -0.3 is 19.9 Å². The maximum Gasteiger partial charge on any atom is 0.146 e. The van der Waals surface area contributed by atoms with Crippen LogP contribution in [0, 0.1) is 0 Å². The number of rotatable bonds is 8. The molecule has 108 valence electrons. The van der Waals surface area contributed by atoms with E-state index in [2.05, 4.69) is 6.92 Å². The number of anilines is 1. The van der Waals surface area contributed by atoms with Gasteiger partial charge in [-0.1, -0.05) is 13.0 Å². The molecule has 1 aromatic rings. The van der Waals surface area contributed by atoms with Crippen molar-refractivity contribution in [3.05, 3.63) is 18.2 Å². The Balaban J connectivity index is 2.59. The van der Waals surface area contributed by atoms with E-state index in [1.165, 1.54) is 0 Å². The van der Waals surface area contributed by atoms with Crippen molar-refractivity contribution in [1.82, 2.24) is 0 Å². The first-order valence-electron chi connectivity index (χ1n) is 6.69. The number of para-hydroxylation sites is 1. The number of nitrogen functional groups attached to an aromatic ring is 1. The van der Waals surface area contributed by atoms with Gasteiger partial charge in [-0.3, -0.25) is 0 Å². The Morgan fingerprint density at radius 2 is 1.68 bits per heavy atom. The lowest BCUT2D eigenvalue weighted by atomic mass is 10.1. The van der Waals surface area contributed by atoms with Crippen molar-refractivity contribution in [2.24, 2.45) is 0 Å². The molecule has 0 amide bonds. The third-order valence-electron chi connectivity index (χ3n) is 3.00. The van der Waals surface area contributed by atoms with E-state index in [0.29, 0.717) is 30.4 Å². The summed E-state index contributed by atoms with van der Waals surface area (Å²) < 4.78 is 16.6. The van der Waals surface area contributed by atoms with E-state index in [1.807, 2.05) is 32.0 Å². The average molecular weight is 267 g/mol. The van der Waals surface area contributed by atoms with Gasteiger partial charge in [-0.25, -0.2) is 0 Å². The summed E-state index contributed by atoms with van der Waals surface area (Å²) in [5.41, 5.74) is 6.40. The summed E-state index contributed by atoms with van der Waals surface area (Å²) in [6, 6.07) is 5.60. The molecule has 0 saturated carbocycles. The van der Waals surface area contributed by atoms with Gasteiger partial charge in [0.2, 0.25) is 0 Å².